The normalized spacial score (nSPS) is 5.57. The van der Waals surface area contributed by atoms with Crippen molar-refractivity contribution < 1.29 is 9.53 Å². The Morgan fingerprint density at radius 2 is 2.00 bits per heavy atom. The van der Waals surface area contributed by atoms with E-state index < -0.39 is 0 Å². The molecule has 0 atom stereocenters. The zero-order chi connectivity index (χ0) is 6.12. The van der Waals surface area contributed by atoms with Crippen molar-refractivity contribution in [1.82, 2.24) is 0 Å². The number of carbonyl (C=O) groups excluding carboxylic acids is 1. The van der Waals surface area contributed by atoms with E-state index in [1.165, 1.54) is 0 Å². The maximum absolute atomic E-state index is 9.18. The Hall–Kier alpha value is -0.530. The van der Waals surface area contributed by atoms with E-state index in [0.717, 1.165) is 0 Å². The van der Waals surface area contributed by atoms with Gasteiger partial charge in [-0.05, 0) is 6.92 Å². The molecule has 0 fully saturated rings. The second kappa shape index (κ2) is 17.9. The molecule has 0 saturated heterocycles. The molecule has 0 amide bonds. The van der Waals surface area contributed by atoms with Gasteiger partial charge in [-0.25, -0.2) is 0 Å². The number of hydrogen-bond donors (Lipinski definition) is 0. The third-order valence-corrected chi connectivity index (χ3v) is 0.235. The first kappa shape index (κ1) is 9.69. The quantitative estimate of drug-likeness (QED) is 0.492. The van der Waals surface area contributed by atoms with Crippen molar-refractivity contribution in [2.75, 3.05) is 6.61 Å². The van der Waals surface area contributed by atoms with Gasteiger partial charge in [0.25, 0.3) is 6.47 Å². The first-order chi connectivity index (χ1) is 3.41. The summed E-state index contributed by atoms with van der Waals surface area (Å²) in [6, 6.07) is 0. The number of ether oxygens (including phenoxy) is 1. The van der Waals surface area contributed by atoms with Gasteiger partial charge in [0.15, 0.2) is 0 Å². The average molecular weight is 104 g/mol. The lowest BCUT2D eigenvalue weighted by Gasteiger charge is -1.79. The lowest BCUT2D eigenvalue weighted by molar-refractivity contribution is -0.128. The van der Waals surface area contributed by atoms with Crippen LogP contribution in [-0.2, 0) is 9.53 Å². The van der Waals surface area contributed by atoms with Crippen LogP contribution in [0, 0.1) is 0 Å². The number of rotatable bonds is 2. The molecule has 0 saturated carbocycles. The van der Waals surface area contributed by atoms with E-state index in [-0.39, 0.29) is 0 Å². The van der Waals surface area contributed by atoms with E-state index in [2.05, 4.69) is 4.74 Å². The summed E-state index contributed by atoms with van der Waals surface area (Å²) in [6.45, 7) is 6.66. The molecule has 0 aliphatic rings. The van der Waals surface area contributed by atoms with E-state index in [4.69, 9.17) is 0 Å². The molecule has 0 unspecified atom stereocenters. The molecule has 0 aromatic heterocycles. The molecule has 0 N–H and O–H groups in total. The van der Waals surface area contributed by atoms with Crippen LogP contribution in [0.5, 0.6) is 0 Å². The second-order valence-electron chi connectivity index (χ2n) is 0.552. The minimum absolute atomic E-state index is 0.431. The van der Waals surface area contributed by atoms with Crippen LogP contribution in [0.3, 0.4) is 0 Å². The maximum Gasteiger partial charge on any atom is 0.293 e. The summed E-state index contributed by atoms with van der Waals surface area (Å²) in [5, 5.41) is 0. The predicted octanol–water partition coefficient (Wildman–Crippen LogP) is 1.21. The Morgan fingerprint density at radius 3 is 2.00 bits per heavy atom. The number of carbonyl (C=O) groups is 1. The Balaban J connectivity index is 0. The standard InChI is InChI=1S/C3H6O2.C2H6/c1-2-5-3-4;1-2/h3H,2H2,1H3;1-2H3. The molecule has 0 bridgehead atoms. The van der Waals surface area contributed by atoms with Gasteiger partial charge >= 0.3 is 0 Å². The molecule has 0 aromatic rings. The molecule has 2 nitrogen and oxygen atoms in total. The molecule has 0 radical (unpaired) electrons. The smallest absolute Gasteiger partial charge is 0.293 e. The number of hydrogen-bond acceptors (Lipinski definition) is 2. The fourth-order valence-electron chi connectivity index (χ4n) is 0.0680. The van der Waals surface area contributed by atoms with Gasteiger partial charge in [-0.3, -0.25) is 4.79 Å². The molecule has 7 heavy (non-hydrogen) atoms. The average Bonchev–Trinajstić information content (AvgIpc) is 1.75. The summed E-state index contributed by atoms with van der Waals surface area (Å²) >= 11 is 0. The van der Waals surface area contributed by atoms with Crippen LogP contribution < -0.4 is 0 Å². The highest BCUT2D eigenvalue weighted by Gasteiger charge is 1.60. The van der Waals surface area contributed by atoms with Crippen LogP contribution in [0.25, 0.3) is 0 Å². The van der Waals surface area contributed by atoms with Gasteiger partial charge in [-0.1, -0.05) is 13.8 Å². The summed E-state index contributed by atoms with van der Waals surface area (Å²) in [6.07, 6.45) is 0. The Labute approximate surface area is 44.5 Å². The van der Waals surface area contributed by atoms with Crippen LogP contribution in [0.1, 0.15) is 20.8 Å². The van der Waals surface area contributed by atoms with Crippen molar-refractivity contribution in [3.63, 3.8) is 0 Å². The molecular weight excluding hydrogens is 92.1 g/mol. The van der Waals surface area contributed by atoms with Crippen molar-refractivity contribution >= 4 is 6.47 Å². The molecule has 0 spiro atoms. The van der Waals surface area contributed by atoms with Crippen LogP contribution in [0.15, 0.2) is 0 Å². The molecule has 0 aromatic carbocycles. The van der Waals surface area contributed by atoms with E-state index in [1.807, 2.05) is 13.8 Å². The highest BCUT2D eigenvalue weighted by molar-refractivity contribution is 5.36. The fraction of sp³-hybridized carbons (Fsp3) is 0.800. The first-order valence-electron chi connectivity index (χ1n) is 2.47. The van der Waals surface area contributed by atoms with Crippen molar-refractivity contribution in [2.24, 2.45) is 0 Å². The van der Waals surface area contributed by atoms with Crippen LogP contribution in [-0.4, -0.2) is 13.1 Å². The van der Waals surface area contributed by atoms with Crippen molar-refractivity contribution in [1.29, 1.82) is 0 Å². The van der Waals surface area contributed by atoms with Gasteiger partial charge < -0.3 is 4.74 Å². The zero-order valence-electron chi connectivity index (χ0n) is 5.10. The van der Waals surface area contributed by atoms with E-state index in [9.17, 15) is 4.79 Å². The van der Waals surface area contributed by atoms with E-state index >= 15 is 0 Å². The van der Waals surface area contributed by atoms with Gasteiger partial charge in [-0.2, -0.15) is 0 Å². The SMILES string of the molecule is CC.CCOC=O. The highest BCUT2D eigenvalue weighted by atomic mass is 16.5. The molecule has 44 valence electrons. The van der Waals surface area contributed by atoms with Crippen molar-refractivity contribution in [3.05, 3.63) is 0 Å². The van der Waals surface area contributed by atoms with Gasteiger partial charge in [0.05, 0.1) is 6.61 Å². The summed E-state index contributed by atoms with van der Waals surface area (Å²) in [5.41, 5.74) is 0. The van der Waals surface area contributed by atoms with E-state index in [0.29, 0.717) is 13.1 Å². The molecule has 0 aliphatic heterocycles. The van der Waals surface area contributed by atoms with Crippen molar-refractivity contribution in [2.45, 2.75) is 20.8 Å². The molecule has 0 heterocycles. The summed E-state index contributed by atoms with van der Waals surface area (Å²) in [7, 11) is 0. The highest BCUT2D eigenvalue weighted by Crippen LogP contribution is 1.55. The van der Waals surface area contributed by atoms with E-state index in [1.54, 1.807) is 6.92 Å². The summed E-state index contributed by atoms with van der Waals surface area (Å²) in [5.74, 6) is 0. The fourth-order valence-corrected chi connectivity index (χ4v) is 0.0680. The lowest BCUT2D eigenvalue weighted by Crippen LogP contribution is -1.80. The lowest BCUT2D eigenvalue weighted by atomic mass is 10.9. The van der Waals surface area contributed by atoms with Crippen LogP contribution in [0.2, 0.25) is 0 Å². The second-order valence-corrected chi connectivity index (χ2v) is 0.552. The third-order valence-electron chi connectivity index (χ3n) is 0.235. The Morgan fingerprint density at radius 1 is 1.57 bits per heavy atom. The molecule has 0 rings (SSSR count). The Kier molecular flexibility index (Phi) is 24.8. The van der Waals surface area contributed by atoms with Gasteiger partial charge in [-0.15, -0.1) is 0 Å². The topological polar surface area (TPSA) is 26.3 Å². The molecule has 0 aliphatic carbocycles. The van der Waals surface area contributed by atoms with Crippen molar-refractivity contribution in [3.8, 4) is 0 Å². The first-order valence-corrected chi connectivity index (χ1v) is 2.47. The minimum Gasteiger partial charge on any atom is -0.468 e. The summed E-state index contributed by atoms with van der Waals surface area (Å²) < 4.78 is 4.15. The third kappa shape index (κ3) is 30.5. The molecular formula is C5H12O2. The van der Waals surface area contributed by atoms with Crippen LogP contribution in [0.4, 0.5) is 0 Å². The maximum atomic E-state index is 9.18. The predicted molar refractivity (Wildman–Crippen MR) is 29.0 cm³/mol. The Bertz CT molecular complexity index is 27.3. The summed E-state index contributed by atoms with van der Waals surface area (Å²) in [4.78, 5) is 9.18. The minimum atomic E-state index is 0.431. The van der Waals surface area contributed by atoms with Gasteiger partial charge in [0.2, 0.25) is 0 Å². The van der Waals surface area contributed by atoms with Crippen LogP contribution >= 0.6 is 0 Å². The molecule has 2 heteroatoms. The van der Waals surface area contributed by atoms with Gasteiger partial charge in [0.1, 0.15) is 0 Å². The largest absolute Gasteiger partial charge is 0.468 e. The monoisotopic (exact) mass is 104 g/mol. The van der Waals surface area contributed by atoms with Gasteiger partial charge in [0, 0.05) is 0 Å². The zero-order valence-corrected chi connectivity index (χ0v) is 5.10.